The van der Waals surface area contributed by atoms with Crippen LogP contribution in [0.25, 0.3) is 0 Å². The first-order chi connectivity index (χ1) is 11.5. The molecule has 1 heterocycles. The van der Waals surface area contributed by atoms with Gasteiger partial charge in [0.05, 0.1) is 5.69 Å². The lowest BCUT2D eigenvalue weighted by atomic mass is 10.1. The van der Waals surface area contributed by atoms with Gasteiger partial charge in [-0.15, -0.1) is 0 Å². The summed E-state index contributed by atoms with van der Waals surface area (Å²) in [6.07, 6.45) is 0.120. The summed E-state index contributed by atoms with van der Waals surface area (Å²) in [4.78, 5) is 24.1. The summed E-state index contributed by atoms with van der Waals surface area (Å²) in [5, 5.41) is 5.72. The van der Waals surface area contributed by atoms with Gasteiger partial charge in [0.1, 0.15) is 17.5 Å². The molecule has 0 radical (unpaired) electrons. The van der Waals surface area contributed by atoms with Crippen LogP contribution in [0.2, 0.25) is 0 Å². The number of amides is 1. The predicted octanol–water partition coefficient (Wildman–Crippen LogP) is 2.02. The number of anilines is 1. The molecule has 0 spiro atoms. The van der Waals surface area contributed by atoms with E-state index in [2.05, 4.69) is 5.10 Å². The number of benzene rings is 2. The van der Waals surface area contributed by atoms with Crippen LogP contribution in [0.1, 0.15) is 12.0 Å². The number of primary amides is 1. The number of carbonyl (C=O) groups excluding carboxylic acids is 2. The smallest absolute Gasteiger partial charge is 0.359 e. The van der Waals surface area contributed by atoms with Crippen molar-refractivity contribution in [3.05, 3.63) is 60.2 Å². The van der Waals surface area contributed by atoms with Gasteiger partial charge >= 0.3 is 5.97 Å². The number of hydrogen-bond acceptors (Lipinski definition) is 5. The van der Waals surface area contributed by atoms with Crippen LogP contribution in [0.15, 0.2) is 59.7 Å². The van der Waals surface area contributed by atoms with Crippen LogP contribution in [0.5, 0.6) is 5.75 Å². The number of hydrazone groups is 1. The number of rotatable bonds is 4. The molecule has 0 unspecified atom stereocenters. The van der Waals surface area contributed by atoms with Crippen LogP contribution < -0.4 is 15.5 Å². The number of para-hydroxylation sites is 1. The maximum Gasteiger partial charge on any atom is 0.359 e. The van der Waals surface area contributed by atoms with E-state index in [-0.39, 0.29) is 12.1 Å². The maximum atomic E-state index is 12.3. The lowest BCUT2D eigenvalue weighted by Crippen LogP contribution is -2.39. The second-order valence-electron chi connectivity index (χ2n) is 5.56. The first-order valence-electron chi connectivity index (χ1n) is 7.54. The minimum Gasteiger partial charge on any atom is -0.422 e. The molecular formula is C18H17N3O3. The van der Waals surface area contributed by atoms with Crippen molar-refractivity contribution in [2.75, 3.05) is 5.01 Å². The molecule has 2 aromatic rings. The van der Waals surface area contributed by atoms with Crippen molar-refractivity contribution in [3.8, 4) is 5.75 Å². The molecule has 0 fully saturated rings. The number of ether oxygens (including phenoxy) is 1. The molecule has 0 aromatic heterocycles. The van der Waals surface area contributed by atoms with Gasteiger partial charge in [-0.2, -0.15) is 5.10 Å². The lowest BCUT2D eigenvalue weighted by molar-refractivity contribution is -0.127. The largest absolute Gasteiger partial charge is 0.422 e. The Kier molecular flexibility index (Phi) is 4.29. The van der Waals surface area contributed by atoms with Crippen molar-refractivity contribution in [3.63, 3.8) is 0 Å². The molecule has 1 aliphatic heterocycles. The summed E-state index contributed by atoms with van der Waals surface area (Å²) < 4.78 is 5.34. The number of nitrogens with two attached hydrogens (primary N) is 1. The quantitative estimate of drug-likeness (QED) is 0.689. The number of carbonyl (C=O) groups is 2. The lowest BCUT2D eigenvalue weighted by Gasteiger charge is -2.20. The molecule has 0 saturated carbocycles. The fraction of sp³-hybridized carbons (Fsp3) is 0.167. The third-order valence-electron chi connectivity index (χ3n) is 3.70. The van der Waals surface area contributed by atoms with Gasteiger partial charge in [0.25, 0.3) is 0 Å². The number of hydrogen-bond donors (Lipinski definition) is 1. The second kappa shape index (κ2) is 6.54. The van der Waals surface area contributed by atoms with Gasteiger partial charge in [-0.05, 0) is 36.8 Å². The predicted molar refractivity (Wildman–Crippen MR) is 90.8 cm³/mol. The fourth-order valence-electron chi connectivity index (χ4n) is 2.52. The van der Waals surface area contributed by atoms with E-state index in [1.807, 2.05) is 31.2 Å². The van der Waals surface area contributed by atoms with E-state index in [0.717, 1.165) is 5.56 Å². The first kappa shape index (κ1) is 15.7. The van der Waals surface area contributed by atoms with Gasteiger partial charge < -0.3 is 10.5 Å². The van der Waals surface area contributed by atoms with Gasteiger partial charge in [0.2, 0.25) is 5.91 Å². The van der Waals surface area contributed by atoms with Crippen LogP contribution in [-0.2, 0) is 9.59 Å². The SMILES string of the molecule is Cc1cccc(OC(=O)C2=NN(c3ccccc3)[C@@H](C(N)=O)C2)c1. The topological polar surface area (TPSA) is 85.0 Å². The summed E-state index contributed by atoms with van der Waals surface area (Å²) in [5.74, 6) is -0.678. The second-order valence-corrected chi connectivity index (χ2v) is 5.56. The standard InChI is InChI=1S/C18H17N3O3/c1-12-6-5-9-14(10-12)24-18(23)15-11-16(17(19)22)21(20-15)13-7-3-2-4-8-13/h2-10,16H,11H2,1H3,(H2,19,22)/t16-/m1/s1. The molecule has 24 heavy (non-hydrogen) atoms. The Bertz CT molecular complexity index is 802. The highest BCUT2D eigenvalue weighted by Crippen LogP contribution is 2.25. The Hall–Kier alpha value is -3.15. The minimum atomic E-state index is -0.701. The highest BCUT2D eigenvalue weighted by molar-refractivity contribution is 6.38. The number of nitrogens with zero attached hydrogens (tertiary/aromatic N) is 2. The molecule has 0 saturated heterocycles. The van der Waals surface area contributed by atoms with Crippen molar-refractivity contribution in [1.82, 2.24) is 0 Å². The van der Waals surface area contributed by atoms with Crippen LogP contribution in [0.3, 0.4) is 0 Å². The Labute approximate surface area is 139 Å². The third-order valence-corrected chi connectivity index (χ3v) is 3.70. The van der Waals surface area contributed by atoms with Crippen LogP contribution >= 0.6 is 0 Å². The summed E-state index contributed by atoms with van der Waals surface area (Å²) in [5.41, 5.74) is 7.30. The number of esters is 1. The van der Waals surface area contributed by atoms with E-state index in [1.54, 1.807) is 30.3 Å². The Morgan fingerprint density at radius 3 is 2.58 bits per heavy atom. The summed E-state index contributed by atoms with van der Waals surface area (Å²) in [6, 6.07) is 15.6. The molecule has 6 nitrogen and oxygen atoms in total. The van der Waals surface area contributed by atoms with Crippen LogP contribution in [-0.4, -0.2) is 23.6 Å². The molecule has 3 rings (SSSR count). The normalized spacial score (nSPS) is 16.6. The maximum absolute atomic E-state index is 12.3. The van der Waals surface area contributed by atoms with E-state index < -0.39 is 17.9 Å². The molecule has 6 heteroatoms. The van der Waals surface area contributed by atoms with E-state index >= 15 is 0 Å². The van der Waals surface area contributed by atoms with Gasteiger partial charge in [-0.25, -0.2) is 4.79 Å². The van der Waals surface area contributed by atoms with Crippen LogP contribution in [0, 0.1) is 6.92 Å². The molecule has 122 valence electrons. The van der Waals surface area contributed by atoms with E-state index in [0.29, 0.717) is 11.4 Å². The molecule has 0 aliphatic carbocycles. The van der Waals surface area contributed by atoms with Crippen LogP contribution in [0.4, 0.5) is 5.69 Å². The first-order valence-corrected chi connectivity index (χ1v) is 7.54. The Morgan fingerprint density at radius 2 is 1.92 bits per heavy atom. The molecule has 0 bridgehead atoms. The summed E-state index contributed by atoms with van der Waals surface area (Å²) in [6.45, 7) is 1.91. The van der Waals surface area contributed by atoms with E-state index in [4.69, 9.17) is 10.5 Å². The van der Waals surface area contributed by atoms with E-state index in [1.165, 1.54) is 5.01 Å². The molecular weight excluding hydrogens is 306 g/mol. The van der Waals surface area contributed by atoms with Crippen molar-refractivity contribution < 1.29 is 14.3 Å². The zero-order valence-electron chi connectivity index (χ0n) is 13.2. The molecule has 2 aromatic carbocycles. The van der Waals surface area contributed by atoms with Crippen molar-refractivity contribution in [2.24, 2.45) is 10.8 Å². The Balaban J connectivity index is 1.82. The van der Waals surface area contributed by atoms with Gasteiger partial charge in [-0.1, -0.05) is 30.3 Å². The highest BCUT2D eigenvalue weighted by atomic mass is 16.5. The van der Waals surface area contributed by atoms with Crippen molar-refractivity contribution in [1.29, 1.82) is 0 Å². The van der Waals surface area contributed by atoms with Gasteiger partial charge in [0.15, 0.2) is 0 Å². The average Bonchev–Trinajstić information content (AvgIpc) is 3.01. The summed E-state index contributed by atoms with van der Waals surface area (Å²) in [7, 11) is 0. The zero-order chi connectivity index (χ0) is 17.1. The summed E-state index contributed by atoms with van der Waals surface area (Å²) >= 11 is 0. The average molecular weight is 323 g/mol. The highest BCUT2D eigenvalue weighted by Gasteiger charge is 2.35. The number of aryl methyl sites for hydroxylation is 1. The fourth-order valence-corrected chi connectivity index (χ4v) is 2.52. The van der Waals surface area contributed by atoms with Gasteiger partial charge in [-0.3, -0.25) is 9.80 Å². The molecule has 1 atom stereocenters. The van der Waals surface area contributed by atoms with E-state index in [9.17, 15) is 9.59 Å². The van der Waals surface area contributed by atoms with Crippen molar-refractivity contribution >= 4 is 23.3 Å². The molecule has 1 aliphatic rings. The minimum absolute atomic E-state index is 0.120. The van der Waals surface area contributed by atoms with Gasteiger partial charge in [0, 0.05) is 6.42 Å². The zero-order valence-corrected chi connectivity index (χ0v) is 13.2. The molecule has 2 N–H and O–H groups in total. The third kappa shape index (κ3) is 3.27. The molecule has 1 amide bonds. The monoisotopic (exact) mass is 323 g/mol. The van der Waals surface area contributed by atoms with Crippen molar-refractivity contribution in [2.45, 2.75) is 19.4 Å². The Morgan fingerprint density at radius 1 is 1.17 bits per heavy atom.